The molecule has 0 amide bonds. The Morgan fingerprint density at radius 3 is 1.56 bits per heavy atom. The van der Waals surface area contributed by atoms with Crippen LogP contribution in [0.25, 0.3) is 0 Å². The molecule has 0 aliphatic carbocycles. The van der Waals surface area contributed by atoms with Gasteiger partial charge >= 0.3 is 5.97 Å². The molecule has 0 radical (unpaired) electrons. The maximum absolute atomic E-state index is 10.8. The summed E-state index contributed by atoms with van der Waals surface area (Å²) in [6, 6.07) is 0. The Hall–Kier alpha value is -1.58. The van der Waals surface area contributed by atoms with Crippen molar-refractivity contribution in [2.75, 3.05) is 6.61 Å². The van der Waals surface area contributed by atoms with Crippen LogP contribution in [0.1, 0.15) is 40.0 Å². The summed E-state index contributed by atoms with van der Waals surface area (Å²) in [5.74, 6) is -1.92. The van der Waals surface area contributed by atoms with E-state index in [1.807, 2.05) is 0 Å². The van der Waals surface area contributed by atoms with Crippen molar-refractivity contribution >= 4 is 11.8 Å². The molecule has 4 aliphatic rings. The van der Waals surface area contributed by atoms with Gasteiger partial charge in [-0.2, -0.15) is 0 Å². The minimum Gasteiger partial charge on any atom is -0.479 e. The Labute approximate surface area is 274 Å². The van der Waals surface area contributed by atoms with E-state index >= 15 is 0 Å². The van der Waals surface area contributed by atoms with Crippen LogP contribution in [-0.4, -0.2) is 205 Å². The van der Waals surface area contributed by atoms with Crippen LogP contribution in [-0.2, 0) is 28.5 Å². The Bertz CT molecular complexity index is 954. The molecule has 15 N–H and O–H groups in total. The summed E-state index contributed by atoms with van der Waals surface area (Å²) >= 11 is 0. The summed E-state index contributed by atoms with van der Waals surface area (Å²) in [7, 11) is 0. The van der Waals surface area contributed by atoms with Crippen molar-refractivity contribution in [3.8, 4) is 0 Å². The zero-order valence-electron chi connectivity index (χ0n) is 26.4. The first kappa shape index (κ1) is 44.4. The van der Waals surface area contributed by atoms with Gasteiger partial charge in [-0.25, -0.2) is 4.79 Å². The molecule has 0 aromatic carbocycles. The summed E-state index contributed by atoms with van der Waals surface area (Å²) < 4.78 is 19.0. The minimum absolute atomic E-state index is 0.0921. The lowest BCUT2D eigenvalue weighted by Gasteiger charge is -2.37. The van der Waals surface area contributed by atoms with Crippen LogP contribution in [0.3, 0.4) is 0 Å². The number of carbonyl (C=O) groups excluding carboxylic acids is 1. The molecular weight excluding hydrogens is 660 g/mol. The minimum atomic E-state index is -1.65. The molecule has 48 heavy (non-hydrogen) atoms. The van der Waals surface area contributed by atoms with E-state index in [-0.39, 0.29) is 19.1 Å². The first-order valence-corrected chi connectivity index (χ1v) is 15.0. The Morgan fingerprint density at radius 1 is 0.583 bits per heavy atom. The molecular formula is C27H50O21. The largest absolute Gasteiger partial charge is 0.479 e. The van der Waals surface area contributed by atoms with Crippen molar-refractivity contribution in [1.29, 1.82) is 0 Å². The number of aliphatic hydroxyl groups is 14. The van der Waals surface area contributed by atoms with Crippen molar-refractivity contribution in [1.82, 2.24) is 0 Å². The van der Waals surface area contributed by atoms with Crippen molar-refractivity contribution in [3.05, 3.63) is 0 Å². The highest BCUT2D eigenvalue weighted by Crippen LogP contribution is 2.23. The normalized spacial score (nSPS) is 45.9. The van der Waals surface area contributed by atoms with Gasteiger partial charge < -0.3 is 95.5 Å². The summed E-state index contributed by atoms with van der Waals surface area (Å²) in [6.07, 6.45) is -20.8. The van der Waals surface area contributed by atoms with Crippen molar-refractivity contribution in [2.45, 2.75) is 150 Å². The van der Waals surface area contributed by atoms with Gasteiger partial charge in [0.05, 0.1) is 31.0 Å². The number of rotatable bonds is 4. The second kappa shape index (κ2) is 20.3. The van der Waals surface area contributed by atoms with Gasteiger partial charge in [-0.05, 0) is 20.3 Å². The number of ether oxygens (including phenoxy) is 4. The fourth-order valence-corrected chi connectivity index (χ4v) is 4.84. The molecule has 12 unspecified atom stereocenters. The van der Waals surface area contributed by atoms with Crippen LogP contribution < -0.4 is 0 Å². The van der Waals surface area contributed by atoms with Crippen LogP contribution in [0.15, 0.2) is 0 Å². The first-order chi connectivity index (χ1) is 22.2. The van der Waals surface area contributed by atoms with Crippen LogP contribution in [0.4, 0.5) is 0 Å². The summed E-state index contributed by atoms with van der Waals surface area (Å²) in [4.78, 5) is 21.2. The highest BCUT2D eigenvalue weighted by atomic mass is 16.6. The Balaban J connectivity index is 0.000000320. The number of aliphatic carboxylic acids is 1. The number of hydrogen-bond acceptors (Lipinski definition) is 20. The number of hydrogen-bond donors (Lipinski definition) is 15. The van der Waals surface area contributed by atoms with Gasteiger partial charge in [-0.15, -0.1) is 0 Å². The molecule has 21 nitrogen and oxygen atoms in total. The van der Waals surface area contributed by atoms with Gasteiger partial charge in [0.15, 0.2) is 30.8 Å². The first-order valence-electron chi connectivity index (χ1n) is 15.0. The van der Waals surface area contributed by atoms with Gasteiger partial charge in [-0.1, -0.05) is 6.92 Å². The molecule has 0 aromatic heterocycles. The molecule has 4 fully saturated rings. The number of aliphatic hydroxyl groups excluding tert-OH is 14. The Morgan fingerprint density at radius 2 is 1.08 bits per heavy atom. The predicted molar refractivity (Wildman–Crippen MR) is 152 cm³/mol. The second-order valence-corrected chi connectivity index (χ2v) is 11.6. The van der Waals surface area contributed by atoms with Crippen LogP contribution in [0.2, 0.25) is 0 Å². The molecule has 4 aliphatic heterocycles. The smallest absolute Gasteiger partial charge is 0.335 e. The van der Waals surface area contributed by atoms with Crippen LogP contribution in [0, 0.1) is 0 Å². The number of Topliss-reactive ketones (excluding diaryl/α,β-unsaturated/α-hetero) is 1. The summed E-state index contributed by atoms with van der Waals surface area (Å²) in [5.41, 5.74) is 0. The van der Waals surface area contributed by atoms with E-state index in [2.05, 4.69) is 9.47 Å². The topological polar surface area (TPSA) is 375 Å². The fourth-order valence-electron chi connectivity index (χ4n) is 4.84. The molecule has 0 spiro atoms. The lowest BCUT2D eigenvalue weighted by Crippen LogP contribution is -2.59. The lowest BCUT2D eigenvalue weighted by atomic mass is 9.97. The maximum Gasteiger partial charge on any atom is 0.335 e. The molecule has 0 aromatic rings. The molecule has 284 valence electrons. The van der Waals surface area contributed by atoms with Crippen molar-refractivity contribution < 1.29 is 105 Å². The predicted octanol–water partition coefficient (Wildman–Crippen LogP) is -7.65. The highest BCUT2D eigenvalue weighted by molar-refractivity contribution is 5.81. The molecule has 21 heteroatoms. The number of carboxylic acid groups (broad SMARTS) is 1. The average molecular weight is 711 g/mol. The molecule has 4 rings (SSSR count). The van der Waals surface area contributed by atoms with E-state index in [1.165, 1.54) is 0 Å². The van der Waals surface area contributed by atoms with Gasteiger partial charge in [0.25, 0.3) is 0 Å². The summed E-state index contributed by atoms with van der Waals surface area (Å²) in [5, 5.41) is 135. The molecule has 0 bridgehead atoms. The SMILES string of the molecule is CC(=O)C1OC(O)[C@@H](O)[C@@H](O)C1O.CC1C[C@@H](O)C(O)C(CO)O1.CCC1OC(O)[C@H](O)[C@@H](O)C1O.O=C(O)C1OC(O)C[C@@H](O)C1O. The van der Waals surface area contributed by atoms with Gasteiger partial charge in [0.2, 0.25) is 0 Å². The maximum atomic E-state index is 10.8. The van der Waals surface area contributed by atoms with E-state index in [9.17, 15) is 35.1 Å². The number of carboxylic acids is 1. The van der Waals surface area contributed by atoms with Gasteiger partial charge in [0, 0.05) is 12.8 Å². The zero-order chi connectivity index (χ0) is 37.2. The van der Waals surface area contributed by atoms with Crippen molar-refractivity contribution in [2.24, 2.45) is 0 Å². The molecule has 4 heterocycles. The monoisotopic (exact) mass is 710 g/mol. The average Bonchev–Trinajstić information content (AvgIpc) is 3.02. The second-order valence-electron chi connectivity index (χ2n) is 11.6. The molecule has 0 saturated carbocycles. The van der Waals surface area contributed by atoms with Crippen molar-refractivity contribution in [3.63, 3.8) is 0 Å². The quantitative estimate of drug-likeness (QED) is 0.129. The van der Waals surface area contributed by atoms with E-state index in [0.29, 0.717) is 12.8 Å². The third-order valence-electron chi connectivity index (χ3n) is 7.71. The molecule has 18 atom stereocenters. The van der Waals surface area contributed by atoms with Gasteiger partial charge in [0.1, 0.15) is 61.0 Å². The standard InChI is InChI=1S/C7H12O6.C7H14O5.C7H14O4.C6H10O6/c1-2(8)6-4(10)3(9)5(11)7(12)13-6;1-2-3-4(8)5(9)6(10)7(11)12-3;1-4-2-5(9)7(10)6(3-8)11-4;7-2-1-3(8)12-5(4(2)9)6(10)11/h3-7,9-12H,1H3;3-11H,2H2,1H3;4-10H,2-3H2,1H3;2-5,7-9H,1H2,(H,10,11)/t3-,4?,5-,6?,7?;3?,4?,5-,6+,7?;4?,5-,6?,7?;2-,3?,4?,5?/m0011/s1. The lowest BCUT2D eigenvalue weighted by molar-refractivity contribution is -0.281. The number of carbonyl (C=O) groups is 2. The zero-order valence-corrected chi connectivity index (χ0v) is 26.4. The Kier molecular flexibility index (Phi) is 18.8. The van der Waals surface area contributed by atoms with E-state index < -0.39 is 116 Å². The van der Waals surface area contributed by atoms with Crippen LogP contribution >= 0.6 is 0 Å². The summed E-state index contributed by atoms with van der Waals surface area (Å²) in [6.45, 7) is 4.47. The van der Waals surface area contributed by atoms with Crippen LogP contribution in [0.5, 0.6) is 0 Å². The highest BCUT2D eigenvalue weighted by Gasteiger charge is 2.45. The van der Waals surface area contributed by atoms with E-state index in [4.69, 9.17) is 60.5 Å². The molecule has 4 saturated heterocycles. The van der Waals surface area contributed by atoms with E-state index in [1.54, 1.807) is 13.8 Å². The third kappa shape index (κ3) is 12.3. The van der Waals surface area contributed by atoms with Gasteiger partial charge in [-0.3, -0.25) is 4.79 Å². The third-order valence-corrected chi connectivity index (χ3v) is 7.71. The number of ketones is 1. The van der Waals surface area contributed by atoms with E-state index in [0.717, 1.165) is 6.92 Å². The fraction of sp³-hybridized carbons (Fsp3) is 0.926.